The molecule has 0 spiro atoms. The highest BCUT2D eigenvalue weighted by molar-refractivity contribution is 5.93. The zero-order chi connectivity index (χ0) is 14.3. The minimum Gasteiger partial charge on any atom is -0.377 e. The first kappa shape index (κ1) is 13.3. The molecule has 0 atom stereocenters. The summed E-state index contributed by atoms with van der Waals surface area (Å²) in [5.41, 5.74) is 0.823. The average Bonchev–Trinajstić information content (AvgIpc) is 2.35. The van der Waals surface area contributed by atoms with Gasteiger partial charge in [-0.1, -0.05) is 6.92 Å². The topological polar surface area (TPSA) is 51.3 Å². The molecule has 4 nitrogen and oxygen atoms in total. The number of hydrogen-bond donors (Lipinski definition) is 1. The number of nitrogens with two attached hydrogens (primary N) is 1. The van der Waals surface area contributed by atoms with Crippen molar-refractivity contribution >= 4 is 16.6 Å². The van der Waals surface area contributed by atoms with Gasteiger partial charge in [0.1, 0.15) is 0 Å². The molecule has 1 aromatic heterocycles. The van der Waals surface area contributed by atoms with Crippen molar-refractivity contribution in [1.29, 1.82) is 0 Å². The van der Waals surface area contributed by atoms with Crippen LogP contribution < -0.4 is 16.3 Å². The lowest BCUT2D eigenvalue weighted by molar-refractivity contribution is 0.510. The first-order valence-corrected chi connectivity index (χ1v) is 5.87. The maximum Gasteiger partial charge on any atom is 0.274 e. The van der Waals surface area contributed by atoms with Gasteiger partial charge in [-0.15, -0.1) is 0 Å². The summed E-state index contributed by atoms with van der Waals surface area (Å²) in [6.45, 7) is 1.81. The molecular weight excluding hydrogens is 252 g/mol. The molecular formula is C13H15F2N3O. The largest absolute Gasteiger partial charge is 0.377 e. The molecule has 0 aliphatic heterocycles. The Hall–Kier alpha value is -2.11. The molecule has 2 aromatic rings. The van der Waals surface area contributed by atoms with E-state index >= 15 is 0 Å². The molecule has 0 amide bonds. The van der Waals surface area contributed by atoms with Crippen molar-refractivity contribution in [2.75, 3.05) is 24.8 Å². The predicted octanol–water partition coefficient (Wildman–Crippen LogP) is 1.62. The standard InChI is InChI=1S/C13H15F2N3O/c1-4-7-12(17(2)3)8-5-9(14)10(15)6-11(8)18(16)13(7)19/h5-6H,4,16H2,1-3H3. The lowest BCUT2D eigenvalue weighted by Crippen LogP contribution is -2.32. The van der Waals surface area contributed by atoms with Gasteiger partial charge in [0, 0.05) is 31.1 Å². The van der Waals surface area contributed by atoms with E-state index in [0.29, 0.717) is 23.1 Å². The molecule has 102 valence electrons. The highest BCUT2D eigenvalue weighted by atomic mass is 19.2. The van der Waals surface area contributed by atoms with Gasteiger partial charge in [0.15, 0.2) is 11.6 Å². The summed E-state index contributed by atoms with van der Waals surface area (Å²) in [7, 11) is 3.49. The highest BCUT2D eigenvalue weighted by Gasteiger charge is 2.18. The Bertz CT molecular complexity index is 707. The van der Waals surface area contributed by atoms with Crippen LogP contribution in [-0.4, -0.2) is 18.8 Å². The average molecular weight is 267 g/mol. The third kappa shape index (κ3) is 1.93. The second kappa shape index (κ2) is 4.53. The first-order chi connectivity index (χ1) is 8.88. The molecule has 0 aliphatic rings. The Morgan fingerprint density at radius 2 is 1.84 bits per heavy atom. The van der Waals surface area contributed by atoms with Crippen LogP contribution in [0.3, 0.4) is 0 Å². The van der Waals surface area contributed by atoms with Gasteiger partial charge in [-0.05, 0) is 12.5 Å². The number of benzene rings is 1. The number of aromatic nitrogens is 1. The van der Waals surface area contributed by atoms with Gasteiger partial charge in [0.2, 0.25) is 0 Å². The van der Waals surface area contributed by atoms with Gasteiger partial charge >= 0.3 is 0 Å². The summed E-state index contributed by atoms with van der Waals surface area (Å²) in [5.74, 6) is 3.69. The fourth-order valence-corrected chi connectivity index (χ4v) is 2.27. The van der Waals surface area contributed by atoms with Crippen molar-refractivity contribution in [2.24, 2.45) is 0 Å². The molecule has 2 rings (SSSR count). The molecule has 0 unspecified atom stereocenters. The Morgan fingerprint density at radius 3 is 2.37 bits per heavy atom. The fourth-order valence-electron chi connectivity index (χ4n) is 2.27. The van der Waals surface area contributed by atoms with E-state index in [2.05, 4.69) is 0 Å². The van der Waals surface area contributed by atoms with E-state index in [0.717, 1.165) is 16.8 Å². The second-order valence-corrected chi connectivity index (χ2v) is 4.53. The molecule has 0 saturated heterocycles. The minimum absolute atomic E-state index is 0.171. The zero-order valence-corrected chi connectivity index (χ0v) is 11.0. The summed E-state index contributed by atoms with van der Waals surface area (Å²) in [6.07, 6.45) is 0.457. The van der Waals surface area contributed by atoms with Crippen LogP contribution in [0.2, 0.25) is 0 Å². The van der Waals surface area contributed by atoms with Crippen LogP contribution in [0.15, 0.2) is 16.9 Å². The second-order valence-electron chi connectivity index (χ2n) is 4.53. The Balaban J connectivity index is 3.07. The number of nitrogens with zero attached hydrogens (tertiary/aromatic N) is 2. The number of rotatable bonds is 2. The van der Waals surface area contributed by atoms with E-state index in [1.165, 1.54) is 0 Å². The van der Waals surface area contributed by atoms with Gasteiger partial charge in [-0.3, -0.25) is 4.79 Å². The number of pyridine rings is 1. The van der Waals surface area contributed by atoms with Crippen LogP contribution in [0.1, 0.15) is 12.5 Å². The molecule has 1 heterocycles. The maximum absolute atomic E-state index is 13.4. The van der Waals surface area contributed by atoms with Gasteiger partial charge in [0.25, 0.3) is 5.56 Å². The van der Waals surface area contributed by atoms with E-state index < -0.39 is 17.2 Å². The van der Waals surface area contributed by atoms with Crippen molar-refractivity contribution in [3.63, 3.8) is 0 Å². The van der Waals surface area contributed by atoms with E-state index in [1.807, 2.05) is 6.92 Å². The lowest BCUT2D eigenvalue weighted by atomic mass is 10.1. The van der Waals surface area contributed by atoms with Crippen LogP contribution >= 0.6 is 0 Å². The van der Waals surface area contributed by atoms with Crippen LogP contribution in [0.5, 0.6) is 0 Å². The molecule has 0 bridgehead atoms. The van der Waals surface area contributed by atoms with Crippen molar-refractivity contribution in [2.45, 2.75) is 13.3 Å². The van der Waals surface area contributed by atoms with Crippen molar-refractivity contribution in [1.82, 2.24) is 4.68 Å². The summed E-state index contributed by atoms with van der Waals surface area (Å²) in [6, 6.07) is 2.01. The van der Waals surface area contributed by atoms with E-state index in [1.54, 1.807) is 19.0 Å². The van der Waals surface area contributed by atoms with Gasteiger partial charge in [-0.25, -0.2) is 13.5 Å². The molecule has 0 radical (unpaired) electrons. The summed E-state index contributed by atoms with van der Waals surface area (Å²) >= 11 is 0. The zero-order valence-electron chi connectivity index (χ0n) is 11.0. The summed E-state index contributed by atoms with van der Waals surface area (Å²) in [4.78, 5) is 13.8. The fraction of sp³-hybridized carbons (Fsp3) is 0.308. The molecule has 19 heavy (non-hydrogen) atoms. The molecule has 0 fully saturated rings. The van der Waals surface area contributed by atoms with Crippen LogP contribution in [0, 0.1) is 11.6 Å². The monoisotopic (exact) mass is 267 g/mol. The quantitative estimate of drug-likeness (QED) is 0.841. The highest BCUT2D eigenvalue weighted by Crippen LogP contribution is 2.28. The van der Waals surface area contributed by atoms with E-state index in [-0.39, 0.29) is 5.52 Å². The molecule has 1 aromatic carbocycles. The minimum atomic E-state index is -1.03. The number of hydrogen-bond acceptors (Lipinski definition) is 3. The predicted molar refractivity (Wildman–Crippen MR) is 72.0 cm³/mol. The third-order valence-electron chi connectivity index (χ3n) is 3.12. The molecule has 0 aliphatic carbocycles. The van der Waals surface area contributed by atoms with Crippen molar-refractivity contribution in [3.8, 4) is 0 Å². The number of anilines is 1. The lowest BCUT2D eigenvalue weighted by Gasteiger charge is -2.20. The molecule has 6 heteroatoms. The van der Waals surface area contributed by atoms with Crippen molar-refractivity contribution < 1.29 is 8.78 Å². The van der Waals surface area contributed by atoms with Gasteiger partial charge in [0.05, 0.1) is 11.2 Å². The van der Waals surface area contributed by atoms with Crippen LogP contribution in [-0.2, 0) is 6.42 Å². The maximum atomic E-state index is 13.4. The SMILES string of the molecule is CCc1c(N(C)C)c2cc(F)c(F)cc2n(N)c1=O. The van der Waals surface area contributed by atoms with Gasteiger partial charge in [-0.2, -0.15) is 0 Å². The Morgan fingerprint density at radius 1 is 1.26 bits per heavy atom. The molecule has 2 N–H and O–H groups in total. The Labute approximate surface area is 109 Å². The van der Waals surface area contributed by atoms with Crippen molar-refractivity contribution in [3.05, 3.63) is 39.7 Å². The summed E-state index contributed by atoms with van der Waals surface area (Å²) in [5, 5.41) is 0.419. The van der Waals surface area contributed by atoms with Crippen LogP contribution in [0.25, 0.3) is 10.9 Å². The van der Waals surface area contributed by atoms with Gasteiger partial charge < -0.3 is 10.7 Å². The number of halogens is 2. The first-order valence-electron chi connectivity index (χ1n) is 5.87. The molecule has 0 saturated carbocycles. The Kier molecular flexibility index (Phi) is 3.18. The van der Waals surface area contributed by atoms with E-state index in [9.17, 15) is 13.6 Å². The van der Waals surface area contributed by atoms with Crippen LogP contribution in [0.4, 0.5) is 14.5 Å². The number of fused-ring (bicyclic) bond motifs is 1. The number of nitrogen functional groups attached to an aromatic ring is 1. The smallest absolute Gasteiger partial charge is 0.274 e. The van der Waals surface area contributed by atoms with E-state index in [4.69, 9.17) is 5.84 Å². The third-order valence-corrected chi connectivity index (χ3v) is 3.12. The summed E-state index contributed by atoms with van der Waals surface area (Å²) < 4.78 is 27.6. The normalized spacial score (nSPS) is 11.0.